The first-order chi connectivity index (χ1) is 9.39. The van der Waals surface area contributed by atoms with Crippen LogP contribution in [-0.2, 0) is 10.2 Å². The van der Waals surface area contributed by atoms with E-state index in [0.29, 0.717) is 0 Å². The first kappa shape index (κ1) is 14.3. The van der Waals surface area contributed by atoms with Crippen LogP contribution in [0, 0.1) is 0 Å². The van der Waals surface area contributed by atoms with Crippen LogP contribution in [0.25, 0.3) is 0 Å². The van der Waals surface area contributed by atoms with E-state index in [-0.39, 0.29) is 10.7 Å². The number of alkyl halides is 1. The average molecular weight is 415 g/mol. The Morgan fingerprint density at radius 1 is 1.25 bits per heavy atom. The van der Waals surface area contributed by atoms with Crippen molar-refractivity contribution < 1.29 is 4.79 Å². The van der Waals surface area contributed by atoms with Crippen LogP contribution >= 0.6 is 43.2 Å². The summed E-state index contributed by atoms with van der Waals surface area (Å²) in [5.74, 6) is 0.0645. The molecule has 1 N–H and O–H groups in total. The van der Waals surface area contributed by atoms with Crippen molar-refractivity contribution in [2.45, 2.75) is 24.1 Å². The lowest BCUT2D eigenvalue weighted by Gasteiger charge is -2.17. The number of anilines is 1. The molecule has 0 radical (unpaired) electrons. The van der Waals surface area contributed by atoms with Gasteiger partial charge >= 0.3 is 0 Å². The second-order valence-electron chi connectivity index (χ2n) is 5.39. The molecule has 1 aliphatic heterocycles. The summed E-state index contributed by atoms with van der Waals surface area (Å²) in [7, 11) is 0. The highest BCUT2D eigenvalue weighted by Crippen LogP contribution is 2.42. The second kappa shape index (κ2) is 4.97. The average Bonchev–Trinajstić information content (AvgIpc) is 2.92. The van der Waals surface area contributed by atoms with Gasteiger partial charge in [-0.15, -0.1) is 11.3 Å². The summed E-state index contributed by atoms with van der Waals surface area (Å²) >= 11 is 8.96. The van der Waals surface area contributed by atoms with Crippen LogP contribution in [0.5, 0.6) is 0 Å². The van der Waals surface area contributed by atoms with Gasteiger partial charge in [-0.25, -0.2) is 0 Å². The molecule has 20 heavy (non-hydrogen) atoms. The lowest BCUT2D eigenvalue weighted by molar-refractivity contribution is -0.119. The number of thiophene rings is 1. The van der Waals surface area contributed by atoms with Crippen molar-refractivity contribution in [1.82, 2.24) is 0 Å². The molecule has 2 aromatic rings. The topological polar surface area (TPSA) is 29.1 Å². The minimum atomic E-state index is -0.464. The predicted molar refractivity (Wildman–Crippen MR) is 90.9 cm³/mol. The van der Waals surface area contributed by atoms with E-state index in [1.54, 1.807) is 11.3 Å². The van der Waals surface area contributed by atoms with E-state index in [1.165, 1.54) is 10.4 Å². The van der Waals surface area contributed by atoms with Crippen molar-refractivity contribution in [2.24, 2.45) is 0 Å². The fourth-order valence-electron chi connectivity index (χ4n) is 2.38. The maximum Gasteiger partial charge on any atom is 0.234 e. The highest BCUT2D eigenvalue weighted by molar-refractivity contribution is 9.11. The fraction of sp³-hybridized carbons (Fsp3) is 0.267. The lowest BCUT2D eigenvalue weighted by Crippen LogP contribution is -2.26. The van der Waals surface area contributed by atoms with E-state index in [4.69, 9.17) is 0 Å². The second-order valence-corrected chi connectivity index (χ2v) is 8.80. The summed E-state index contributed by atoms with van der Waals surface area (Å²) in [5, 5.41) is 2.94. The van der Waals surface area contributed by atoms with Crippen LogP contribution < -0.4 is 5.32 Å². The molecule has 3 rings (SSSR count). The summed E-state index contributed by atoms with van der Waals surface area (Å²) in [5.41, 5.74) is 2.70. The van der Waals surface area contributed by atoms with Crippen molar-refractivity contribution >= 4 is 54.8 Å². The Hall–Kier alpha value is -0.650. The molecule has 0 aliphatic carbocycles. The van der Waals surface area contributed by atoms with E-state index in [2.05, 4.69) is 61.4 Å². The summed E-state index contributed by atoms with van der Waals surface area (Å²) in [6.07, 6.45) is 0. The standard InChI is InChI=1S/C15H13Br2NOS/c1-15(2)9-7-8(3-4-10(9)18-14(15)19)13(17)11-5-6-12(16)20-11/h3-7,13H,1-2H3,(H,18,19). The van der Waals surface area contributed by atoms with Crippen LogP contribution in [0.15, 0.2) is 34.1 Å². The van der Waals surface area contributed by atoms with Crippen molar-refractivity contribution in [1.29, 1.82) is 0 Å². The molecule has 1 aromatic carbocycles. The smallest absolute Gasteiger partial charge is 0.234 e. The highest BCUT2D eigenvalue weighted by Gasteiger charge is 2.38. The normalized spacial score (nSPS) is 17.7. The Bertz CT molecular complexity index is 693. The Labute approximate surface area is 138 Å². The van der Waals surface area contributed by atoms with Crippen molar-refractivity contribution in [2.75, 3.05) is 5.32 Å². The highest BCUT2D eigenvalue weighted by atomic mass is 79.9. The molecule has 1 aromatic heterocycles. The molecule has 2 heterocycles. The summed E-state index contributed by atoms with van der Waals surface area (Å²) in [6.45, 7) is 3.92. The van der Waals surface area contributed by atoms with Gasteiger partial charge in [0, 0.05) is 10.6 Å². The Balaban J connectivity index is 2.02. The van der Waals surface area contributed by atoms with Crippen LogP contribution in [-0.4, -0.2) is 5.91 Å². The third kappa shape index (κ3) is 2.26. The zero-order valence-electron chi connectivity index (χ0n) is 11.0. The summed E-state index contributed by atoms with van der Waals surface area (Å²) < 4.78 is 1.12. The number of nitrogens with one attached hydrogen (secondary N) is 1. The van der Waals surface area contributed by atoms with Crippen molar-refractivity contribution in [3.63, 3.8) is 0 Å². The molecule has 1 aliphatic rings. The van der Waals surface area contributed by atoms with E-state index >= 15 is 0 Å². The first-order valence-corrected chi connectivity index (χ1v) is 8.77. The maximum absolute atomic E-state index is 12.0. The molecule has 0 saturated carbocycles. The molecule has 0 bridgehead atoms. The molecule has 2 nitrogen and oxygen atoms in total. The summed E-state index contributed by atoms with van der Waals surface area (Å²) in [6, 6.07) is 10.3. The van der Waals surface area contributed by atoms with Crippen molar-refractivity contribution in [3.8, 4) is 0 Å². The summed E-state index contributed by atoms with van der Waals surface area (Å²) in [4.78, 5) is 13.4. The number of benzene rings is 1. The largest absolute Gasteiger partial charge is 0.325 e. The first-order valence-electron chi connectivity index (χ1n) is 6.25. The number of fused-ring (bicyclic) bond motifs is 1. The maximum atomic E-state index is 12.0. The molecule has 1 atom stereocenters. The SMILES string of the molecule is CC1(C)C(=O)Nc2ccc(C(Br)c3ccc(Br)s3)cc21. The molecule has 0 fully saturated rings. The fourth-order valence-corrected chi connectivity index (χ4v) is 4.52. The third-order valence-corrected chi connectivity index (χ3v) is 6.68. The molecule has 1 unspecified atom stereocenters. The molecular formula is C15H13Br2NOS. The number of rotatable bonds is 2. The number of amides is 1. The van der Waals surface area contributed by atoms with Gasteiger partial charge in [-0.05, 0) is 59.1 Å². The molecule has 1 amide bonds. The Kier molecular flexibility index (Phi) is 3.55. The molecule has 0 spiro atoms. The van der Waals surface area contributed by atoms with E-state index in [1.807, 2.05) is 19.9 Å². The molecule has 104 valence electrons. The minimum Gasteiger partial charge on any atom is -0.325 e. The number of carbonyl (C=O) groups excluding carboxylic acids is 1. The van der Waals surface area contributed by atoms with Crippen LogP contribution in [0.4, 0.5) is 5.69 Å². The quantitative estimate of drug-likeness (QED) is 0.670. The van der Waals surface area contributed by atoms with Gasteiger partial charge in [0.15, 0.2) is 0 Å². The van der Waals surface area contributed by atoms with Gasteiger partial charge in [0.05, 0.1) is 14.0 Å². The Morgan fingerprint density at radius 3 is 2.65 bits per heavy atom. The van der Waals surface area contributed by atoms with Gasteiger partial charge in [0.2, 0.25) is 5.91 Å². The molecule has 0 saturated heterocycles. The predicted octanol–water partition coefficient (Wildman–Crippen LogP) is 5.22. The van der Waals surface area contributed by atoms with E-state index in [0.717, 1.165) is 15.0 Å². The van der Waals surface area contributed by atoms with E-state index < -0.39 is 5.41 Å². The van der Waals surface area contributed by atoms with Crippen molar-refractivity contribution in [3.05, 3.63) is 50.1 Å². The zero-order valence-corrected chi connectivity index (χ0v) is 15.0. The van der Waals surface area contributed by atoms with Gasteiger partial charge in [-0.3, -0.25) is 4.79 Å². The number of hydrogen-bond donors (Lipinski definition) is 1. The molecule has 5 heteroatoms. The van der Waals surface area contributed by atoms with Gasteiger partial charge in [0.25, 0.3) is 0 Å². The Morgan fingerprint density at radius 2 is 2.00 bits per heavy atom. The van der Waals surface area contributed by atoms with Crippen LogP contribution in [0.1, 0.15) is 34.7 Å². The van der Waals surface area contributed by atoms with Crippen LogP contribution in [0.2, 0.25) is 0 Å². The minimum absolute atomic E-state index is 0.0645. The third-order valence-electron chi connectivity index (χ3n) is 3.67. The molecular weight excluding hydrogens is 402 g/mol. The van der Waals surface area contributed by atoms with Gasteiger partial charge < -0.3 is 5.32 Å². The number of halogens is 2. The monoisotopic (exact) mass is 413 g/mol. The van der Waals surface area contributed by atoms with Crippen LogP contribution in [0.3, 0.4) is 0 Å². The lowest BCUT2D eigenvalue weighted by atomic mass is 9.85. The van der Waals surface area contributed by atoms with Gasteiger partial charge in [-0.1, -0.05) is 28.1 Å². The van der Waals surface area contributed by atoms with Gasteiger partial charge in [0.1, 0.15) is 0 Å². The number of carbonyl (C=O) groups is 1. The van der Waals surface area contributed by atoms with Gasteiger partial charge in [-0.2, -0.15) is 0 Å². The number of hydrogen-bond acceptors (Lipinski definition) is 2. The zero-order chi connectivity index (χ0) is 14.5. The van der Waals surface area contributed by atoms with E-state index in [9.17, 15) is 4.79 Å².